The first-order valence-electron chi connectivity index (χ1n) is 5.66. The molecule has 5 heteroatoms. The van der Waals surface area contributed by atoms with Crippen LogP contribution in [-0.4, -0.2) is 21.2 Å². The molecule has 2 aromatic rings. The van der Waals surface area contributed by atoms with Gasteiger partial charge in [-0.15, -0.1) is 0 Å². The summed E-state index contributed by atoms with van der Waals surface area (Å²) in [6.45, 7) is 0.575. The number of hydrogen-bond acceptors (Lipinski definition) is 3. The highest BCUT2D eigenvalue weighted by Crippen LogP contribution is 2.18. The summed E-state index contributed by atoms with van der Waals surface area (Å²) in [7, 11) is 0. The number of unbranched alkanes of at least 4 members (excludes halogenated alkanes) is 1. The lowest BCUT2D eigenvalue weighted by Gasteiger charge is -2.06. The topological polar surface area (TPSA) is 59.2 Å². The predicted octanol–water partition coefficient (Wildman–Crippen LogP) is 1.70. The number of pyridine rings is 1. The summed E-state index contributed by atoms with van der Waals surface area (Å²) in [5, 5.41) is 2.56. The highest BCUT2D eigenvalue weighted by atomic mass is 32.1. The van der Waals surface area contributed by atoms with E-state index in [1.165, 1.54) is 6.07 Å². The second-order valence-corrected chi connectivity index (χ2v) is 4.35. The molecular formula is C13H13NO3S. The normalized spacial score (nSPS) is 10.2. The molecule has 1 heterocycles. The molecule has 0 fully saturated rings. The quantitative estimate of drug-likeness (QED) is 0.660. The molecule has 0 saturated carbocycles. The molecule has 0 radical (unpaired) electrons. The molecule has 1 aromatic carbocycles. The predicted molar refractivity (Wildman–Crippen MR) is 73.5 cm³/mol. The SMILES string of the molecule is O=S=CCCCOc1ccc2[nH]c(=O)ccc2c1. The molecule has 2 rings (SSSR count). The van der Waals surface area contributed by atoms with Gasteiger partial charge in [0.1, 0.15) is 5.75 Å². The van der Waals surface area contributed by atoms with Crippen LogP contribution in [0.4, 0.5) is 0 Å². The monoisotopic (exact) mass is 263 g/mol. The summed E-state index contributed by atoms with van der Waals surface area (Å²) in [6, 6.07) is 8.79. The second-order valence-electron chi connectivity index (χ2n) is 3.83. The van der Waals surface area contributed by atoms with Crippen molar-refractivity contribution in [2.75, 3.05) is 6.61 Å². The Morgan fingerprint density at radius 2 is 2.17 bits per heavy atom. The molecule has 0 bridgehead atoms. The fourth-order valence-corrected chi connectivity index (χ4v) is 1.89. The van der Waals surface area contributed by atoms with E-state index in [1.54, 1.807) is 11.4 Å². The van der Waals surface area contributed by atoms with Crippen molar-refractivity contribution < 1.29 is 8.95 Å². The average Bonchev–Trinajstić information content (AvgIpc) is 2.38. The number of rotatable bonds is 5. The Morgan fingerprint density at radius 1 is 1.28 bits per heavy atom. The first-order chi connectivity index (χ1) is 8.79. The number of fused-ring (bicyclic) bond motifs is 1. The van der Waals surface area contributed by atoms with E-state index in [2.05, 4.69) is 4.98 Å². The van der Waals surface area contributed by atoms with Gasteiger partial charge in [-0.1, -0.05) is 0 Å². The van der Waals surface area contributed by atoms with Crippen molar-refractivity contribution >= 4 is 27.5 Å². The second kappa shape index (κ2) is 6.16. The molecule has 1 aromatic heterocycles. The van der Waals surface area contributed by atoms with E-state index < -0.39 is 0 Å². The van der Waals surface area contributed by atoms with Crippen molar-refractivity contribution in [3.63, 3.8) is 0 Å². The Labute approximate surface area is 108 Å². The number of nitrogens with one attached hydrogen (secondary N) is 1. The lowest BCUT2D eigenvalue weighted by molar-refractivity contribution is 0.314. The minimum absolute atomic E-state index is 0.109. The highest BCUT2D eigenvalue weighted by molar-refractivity contribution is 7.64. The average molecular weight is 263 g/mol. The van der Waals surface area contributed by atoms with Crippen LogP contribution in [0, 0.1) is 0 Å². The first-order valence-corrected chi connectivity index (χ1v) is 6.46. The van der Waals surface area contributed by atoms with E-state index in [0.717, 1.165) is 29.5 Å². The molecule has 18 heavy (non-hydrogen) atoms. The van der Waals surface area contributed by atoms with Crippen molar-refractivity contribution in [3.8, 4) is 5.75 Å². The molecule has 0 aliphatic rings. The highest BCUT2D eigenvalue weighted by Gasteiger charge is 1.98. The molecule has 0 saturated heterocycles. The van der Waals surface area contributed by atoms with E-state index in [-0.39, 0.29) is 5.56 Å². The molecule has 0 atom stereocenters. The summed E-state index contributed by atoms with van der Waals surface area (Å²) in [5.74, 6) is 0.768. The Kier molecular flexibility index (Phi) is 4.30. The van der Waals surface area contributed by atoms with E-state index in [1.807, 2.05) is 18.2 Å². The van der Waals surface area contributed by atoms with Crippen LogP contribution in [0.25, 0.3) is 10.9 Å². The van der Waals surface area contributed by atoms with E-state index in [0.29, 0.717) is 17.9 Å². The maximum absolute atomic E-state index is 11.1. The third-order valence-electron chi connectivity index (χ3n) is 2.50. The van der Waals surface area contributed by atoms with Crippen molar-refractivity contribution in [2.24, 2.45) is 0 Å². The van der Waals surface area contributed by atoms with Crippen molar-refractivity contribution in [2.45, 2.75) is 12.8 Å². The molecular weight excluding hydrogens is 250 g/mol. The minimum Gasteiger partial charge on any atom is -0.494 e. The first kappa shape index (κ1) is 12.6. The van der Waals surface area contributed by atoms with Gasteiger partial charge in [0.15, 0.2) is 0 Å². The van der Waals surface area contributed by atoms with Crippen LogP contribution in [0.2, 0.25) is 0 Å². The molecule has 94 valence electrons. The molecule has 0 aliphatic heterocycles. The van der Waals surface area contributed by atoms with Gasteiger partial charge in [-0.3, -0.25) is 4.79 Å². The fraction of sp³-hybridized carbons (Fsp3) is 0.231. The van der Waals surface area contributed by atoms with Gasteiger partial charge in [-0.25, -0.2) is 4.21 Å². The van der Waals surface area contributed by atoms with Crippen LogP contribution in [0.1, 0.15) is 12.8 Å². The van der Waals surface area contributed by atoms with Gasteiger partial charge in [-0.05, 0) is 37.1 Å². The molecule has 0 unspecified atom stereocenters. The summed E-state index contributed by atoms with van der Waals surface area (Å²) < 4.78 is 15.7. The summed E-state index contributed by atoms with van der Waals surface area (Å²) in [5.41, 5.74) is 0.688. The van der Waals surface area contributed by atoms with E-state index in [9.17, 15) is 9.00 Å². The van der Waals surface area contributed by atoms with Gasteiger partial charge in [0, 0.05) is 22.3 Å². The van der Waals surface area contributed by atoms with E-state index >= 15 is 0 Å². The van der Waals surface area contributed by atoms with Gasteiger partial charge < -0.3 is 9.72 Å². The largest absolute Gasteiger partial charge is 0.494 e. The van der Waals surface area contributed by atoms with Crippen molar-refractivity contribution in [3.05, 3.63) is 40.7 Å². The van der Waals surface area contributed by atoms with Crippen LogP contribution < -0.4 is 10.3 Å². The van der Waals surface area contributed by atoms with E-state index in [4.69, 9.17) is 4.74 Å². The molecule has 1 N–H and O–H groups in total. The maximum atomic E-state index is 11.1. The zero-order valence-electron chi connectivity index (χ0n) is 9.72. The number of ether oxygens (including phenoxy) is 1. The number of aromatic amines is 1. The standard InChI is InChI=1S/C13H13NO3S/c15-13-6-3-10-9-11(4-5-12(10)14-13)17-7-1-2-8-18-16/h3-6,8-9H,1-2,7H2,(H,14,15). The van der Waals surface area contributed by atoms with Crippen molar-refractivity contribution in [1.29, 1.82) is 0 Å². The Balaban J connectivity index is 2.03. The Morgan fingerprint density at radius 3 is 3.00 bits per heavy atom. The third-order valence-corrected chi connectivity index (χ3v) is 2.87. The van der Waals surface area contributed by atoms with Crippen LogP contribution in [-0.2, 0) is 11.3 Å². The summed E-state index contributed by atoms with van der Waals surface area (Å²) >= 11 is 0.487. The summed E-state index contributed by atoms with van der Waals surface area (Å²) in [6.07, 6.45) is 1.56. The third kappa shape index (κ3) is 3.30. The number of aromatic nitrogens is 1. The number of benzene rings is 1. The van der Waals surface area contributed by atoms with Gasteiger partial charge in [0.2, 0.25) is 5.56 Å². The fourth-order valence-electron chi connectivity index (χ4n) is 1.63. The molecule has 0 spiro atoms. The number of hydrogen-bond donors (Lipinski definition) is 1. The molecule has 0 aliphatic carbocycles. The van der Waals surface area contributed by atoms with Gasteiger partial charge in [0.05, 0.1) is 17.9 Å². The minimum atomic E-state index is -0.109. The smallest absolute Gasteiger partial charge is 0.248 e. The van der Waals surface area contributed by atoms with Crippen LogP contribution in [0.15, 0.2) is 35.1 Å². The van der Waals surface area contributed by atoms with Gasteiger partial charge in [-0.2, -0.15) is 0 Å². The lowest BCUT2D eigenvalue weighted by atomic mass is 10.2. The van der Waals surface area contributed by atoms with Crippen LogP contribution in [0.3, 0.4) is 0 Å². The maximum Gasteiger partial charge on any atom is 0.248 e. The van der Waals surface area contributed by atoms with Crippen molar-refractivity contribution in [1.82, 2.24) is 4.98 Å². The Hall–Kier alpha value is -1.88. The molecule has 4 nitrogen and oxygen atoms in total. The van der Waals surface area contributed by atoms with Gasteiger partial charge >= 0.3 is 0 Å². The van der Waals surface area contributed by atoms with Crippen LogP contribution >= 0.6 is 0 Å². The number of H-pyrrole nitrogens is 1. The van der Waals surface area contributed by atoms with Gasteiger partial charge in [0.25, 0.3) is 0 Å². The van der Waals surface area contributed by atoms with Crippen LogP contribution in [0.5, 0.6) is 5.75 Å². The Bertz CT molecular complexity index is 644. The summed E-state index contributed by atoms with van der Waals surface area (Å²) in [4.78, 5) is 13.9. The zero-order valence-corrected chi connectivity index (χ0v) is 10.5. The molecule has 0 amide bonds. The lowest BCUT2D eigenvalue weighted by Crippen LogP contribution is -2.02. The zero-order chi connectivity index (χ0) is 12.8.